The van der Waals surface area contributed by atoms with Crippen LogP contribution < -0.4 is 10.6 Å². The van der Waals surface area contributed by atoms with E-state index in [1.807, 2.05) is 20.8 Å². The van der Waals surface area contributed by atoms with E-state index in [9.17, 15) is 4.79 Å². The molecule has 100 valence electrons. The van der Waals surface area contributed by atoms with Crippen LogP contribution in [-0.4, -0.2) is 27.5 Å². The van der Waals surface area contributed by atoms with E-state index < -0.39 is 6.04 Å². The Hall–Kier alpha value is -0.880. The van der Waals surface area contributed by atoms with E-state index in [0.29, 0.717) is 10.3 Å². The summed E-state index contributed by atoms with van der Waals surface area (Å²) >= 11 is 8.99. The first-order chi connectivity index (χ1) is 8.19. The highest BCUT2D eigenvalue weighted by molar-refractivity contribution is 9.10. The molecule has 0 aliphatic carbocycles. The minimum absolute atomic E-state index is 0.107. The largest absolute Gasteiger partial charge is 0.358 e. The standard InChI is InChI=1S/C11H16BrClN4O/c1-6(9(18)17-11(2,3)4)15-8-7(12)5-14-10(13)16-8/h5-6H,1-4H3,(H,17,18)(H,14,15,16). The molecule has 2 N–H and O–H groups in total. The second-order valence-corrected chi connectivity index (χ2v) is 6.13. The minimum atomic E-state index is -0.425. The van der Waals surface area contributed by atoms with Gasteiger partial charge < -0.3 is 10.6 Å². The molecule has 1 rings (SSSR count). The normalized spacial score (nSPS) is 13.0. The molecule has 1 atom stereocenters. The van der Waals surface area contributed by atoms with Gasteiger partial charge in [-0.15, -0.1) is 0 Å². The zero-order chi connectivity index (χ0) is 13.9. The quantitative estimate of drug-likeness (QED) is 0.833. The molecule has 0 bridgehead atoms. The van der Waals surface area contributed by atoms with Gasteiger partial charge in [-0.1, -0.05) is 0 Å². The number of nitrogens with one attached hydrogen (secondary N) is 2. The Labute approximate surface area is 120 Å². The van der Waals surface area contributed by atoms with Gasteiger partial charge in [0.15, 0.2) is 0 Å². The molecule has 7 heteroatoms. The molecule has 1 heterocycles. The van der Waals surface area contributed by atoms with Gasteiger partial charge in [0.05, 0.1) is 4.47 Å². The van der Waals surface area contributed by atoms with Crippen LogP contribution in [0, 0.1) is 0 Å². The molecule has 0 fully saturated rings. The summed E-state index contributed by atoms with van der Waals surface area (Å²) in [5, 5.41) is 5.99. The molecule has 5 nitrogen and oxygen atoms in total. The second kappa shape index (κ2) is 5.84. The summed E-state index contributed by atoms with van der Waals surface area (Å²) in [5.41, 5.74) is -0.270. The predicted molar refractivity (Wildman–Crippen MR) is 75.7 cm³/mol. The van der Waals surface area contributed by atoms with Gasteiger partial charge in [-0.05, 0) is 55.2 Å². The third-order valence-corrected chi connectivity index (χ3v) is 2.72. The molecular formula is C11H16BrClN4O. The first kappa shape index (κ1) is 15.2. The molecule has 0 radical (unpaired) electrons. The summed E-state index contributed by atoms with van der Waals surface area (Å²) in [7, 11) is 0. The van der Waals surface area contributed by atoms with Crippen molar-refractivity contribution in [3.05, 3.63) is 16.0 Å². The zero-order valence-corrected chi connectivity index (χ0v) is 13.1. The minimum Gasteiger partial charge on any atom is -0.358 e. The van der Waals surface area contributed by atoms with Gasteiger partial charge in [-0.3, -0.25) is 4.79 Å². The molecule has 0 spiro atoms. The molecule has 1 aromatic rings. The number of aromatic nitrogens is 2. The number of halogens is 2. The van der Waals surface area contributed by atoms with Crippen molar-refractivity contribution in [3.63, 3.8) is 0 Å². The van der Waals surface area contributed by atoms with Crippen molar-refractivity contribution in [2.24, 2.45) is 0 Å². The number of hydrogen-bond acceptors (Lipinski definition) is 4. The molecule has 1 amide bonds. The van der Waals surface area contributed by atoms with Gasteiger partial charge in [0.25, 0.3) is 0 Å². The number of nitrogens with zero attached hydrogens (tertiary/aromatic N) is 2. The maximum Gasteiger partial charge on any atom is 0.242 e. The van der Waals surface area contributed by atoms with Crippen LogP contribution in [0.5, 0.6) is 0 Å². The summed E-state index contributed by atoms with van der Waals surface area (Å²) in [4.78, 5) is 19.7. The molecule has 0 aliphatic heterocycles. The SMILES string of the molecule is CC(Nc1nc(Cl)ncc1Br)C(=O)NC(C)(C)C. The molecule has 0 saturated carbocycles. The van der Waals surface area contributed by atoms with E-state index in [2.05, 4.69) is 36.5 Å². The van der Waals surface area contributed by atoms with Crippen molar-refractivity contribution in [2.75, 3.05) is 5.32 Å². The van der Waals surface area contributed by atoms with E-state index >= 15 is 0 Å². The third kappa shape index (κ3) is 4.78. The summed E-state index contributed by atoms with van der Waals surface area (Å²) in [6.07, 6.45) is 1.53. The van der Waals surface area contributed by atoms with Crippen molar-refractivity contribution in [1.82, 2.24) is 15.3 Å². The van der Waals surface area contributed by atoms with Crippen LogP contribution in [0.25, 0.3) is 0 Å². The van der Waals surface area contributed by atoms with Crippen LogP contribution in [0.3, 0.4) is 0 Å². The van der Waals surface area contributed by atoms with E-state index in [1.165, 1.54) is 6.20 Å². The van der Waals surface area contributed by atoms with E-state index in [4.69, 9.17) is 11.6 Å². The third-order valence-electron chi connectivity index (χ3n) is 1.96. The fraction of sp³-hybridized carbons (Fsp3) is 0.545. The highest BCUT2D eigenvalue weighted by Crippen LogP contribution is 2.20. The summed E-state index contributed by atoms with van der Waals surface area (Å²) in [6.45, 7) is 7.53. The van der Waals surface area contributed by atoms with Crippen LogP contribution in [-0.2, 0) is 4.79 Å². The number of anilines is 1. The van der Waals surface area contributed by atoms with Crippen molar-refractivity contribution in [2.45, 2.75) is 39.3 Å². The van der Waals surface area contributed by atoms with Gasteiger partial charge in [0.1, 0.15) is 11.9 Å². The lowest BCUT2D eigenvalue weighted by atomic mass is 10.1. The van der Waals surface area contributed by atoms with Crippen molar-refractivity contribution >= 4 is 39.3 Å². The molecule has 0 saturated heterocycles. The number of carbonyl (C=O) groups excluding carboxylic acids is 1. The number of rotatable bonds is 3. The Morgan fingerprint density at radius 3 is 2.67 bits per heavy atom. The van der Waals surface area contributed by atoms with Crippen LogP contribution in [0.2, 0.25) is 5.28 Å². The van der Waals surface area contributed by atoms with Crippen molar-refractivity contribution in [3.8, 4) is 0 Å². The number of hydrogen-bond donors (Lipinski definition) is 2. The Bertz CT molecular complexity index is 447. The molecular weight excluding hydrogens is 320 g/mol. The maximum atomic E-state index is 11.9. The lowest BCUT2D eigenvalue weighted by Crippen LogP contribution is -2.47. The Balaban J connectivity index is 2.72. The van der Waals surface area contributed by atoms with Gasteiger partial charge in [0, 0.05) is 11.7 Å². The van der Waals surface area contributed by atoms with Gasteiger partial charge >= 0.3 is 0 Å². The fourth-order valence-electron chi connectivity index (χ4n) is 1.20. The van der Waals surface area contributed by atoms with Crippen LogP contribution >= 0.6 is 27.5 Å². The Morgan fingerprint density at radius 1 is 1.50 bits per heavy atom. The average Bonchev–Trinajstić information content (AvgIpc) is 2.21. The highest BCUT2D eigenvalue weighted by atomic mass is 79.9. The van der Waals surface area contributed by atoms with E-state index in [-0.39, 0.29) is 16.7 Å². The monoisotopic (exact) mass is 334 g/mol. The van der Waals surface area contributed by atoms with E-state index in [1.54, 1.807) is 6.92 Å². The van der Waals surface area contributed by atoms with Crippen molar-refractivity contribution in [1.29, 1.82) is 0 Å². The van der Waals surface area contributed by atoms with Gasteiger partial charge in [-0.2, -0.15) is 4.98 Å². The lowest BCUT2D eigenvalue weighted by Gasteiger charge is -2.24. The second-order valence-electron chi connectivity index (χ2n) is 4.94. The summed E-state index contributed by atoms with van der Waals surface area (Å²) in [6, 6.07) is -0.425. The lowest BCUT2D eigenvalue weighted by molar-refractivity contribution is -0.122. The highest BCUT2D eigenvalue weighted by Gasteiger charge is 2.20. The fourth-order valence-corrected chi connectivity index (χ4v) is 1.63. The molecule has 1 unspecified atom stereocenters. The molecule has 18 heavy (non-hydrogen) atoms. The predicted octanol–water partition coefficient (Wildman–Crippen LogP) is 2.61. The first-order valence-corrected chi connectivity index (χ1v) is 6.63. The first-order valence-electron chi connectivity index (χ1n) is 5.45. The summed E-state index contributed by atoms with van der Waals surface area (Å²) in [5.74, 6) is 0.385. The van der Waals surface area contributed by atoms with E-state index in [0.717, 1.165) is 0 Å². The van der Waals surface area contributed by atoms with Crippen LogP contribution in [0.15, 0.2) is 10.7 Å². The Morgan fingerprint density at radius 2 is 2.11 bits per heavy atom. The summed E-state index contributed by atoms with van der Waals surface area (Å²) < 4.78 is 0.655. The maximum absolute atomic E-state index is 11.9. The van der Waals surface area contributed by atoms with Gasteiger partial charge in [0.2, 0.25) is 11.2 Å². The average molecular weight is 336 g/mol. The Kier molecular flexibility index (Phi) is 4.92. The molecule has 0 aliphatic rings. The van der Waals surface area contributed by atoms with Crippen molar-refractivity contribution < 1.29 is 4.79 Å². The smallest absolute Gasteiger partial charge is 0.242 e. The topological polar surface area (TPSA) is 66.9 Å². The molecule has 1 aromatic heterocycles. The zero-order valence-electron chi connectivity index (χ0n) is 10.7. The van der Waals surface area contributed by atoms with Crippen LogP contribution in [0.4, 0.5) is 5.82 Å². The number of carbonyl (C=O) groups is 1. The van der Waals surface area contributed by atoms with Gasteiger partial charge in [-0.25, -0.2) is 4.98 Å². The van der Waals surface area contributed by atoms with Crippen LogP contribution in [0.1, 0.15) is 27.7 Å². The number of amides is 1. The molecule has 0 aromatic carbocycles.